The van der Waals surface area contributed by atoms with Crippen LogP contribution in [0.4, 0.5) is 5.69 Å². The van der Waals surface area contributed by atoms with Crippen LogP contribution in [-0.2, 0) is 4.79 Å². The van der Waals surface area contributed by atoms with Crippen molar-refractivity contribution in [2.75, 3.05) is 11.2 Å². The first kappa shape index (κ1) is 18.4. The van der Waals surface area contributed by atoms with Crippen LogP contribution < -0.4 is 15.1 Å². The molecule has 3 aromatic rings. The molecule has 1 amide bonds. The van der Waals surface area contributed by atoms with Crippen molar-refractivity contribution in [3.05, 3.63) is 64.7 Å². The highest BCUT2D eigenvalue weighted by atomic mass is 32.2. The molecule has 1 atom stereocenters. The quantitative estimate of drug-likeness (QED) is 0.543. The lowest BCUT2D eigenvalue weighted by Gasteiger charge is -2.32. The van der Waals surface area contributed by atoms with Gasteiger partial charge in [0.15, 0.2) is 0 Å². The highest BCUT2D eigenvalue weighted by Crippen LogP contribution is 2.37. The Morgan fingerprint density at radius 2 is 2.11 bits per heavy atom. The van der Waals surface area contributed by atoms with E-state index in [0.29, 0.717) is 28.5 Å². The average Bonchev–Trinajstić information content (AvgIpc) is 2.73. The highest BCUT2D eigenvalue weighted by molar-refractivity contribution is 7.98. The molecule has 1 aromatic carbocycles. The van der Waals surface area contributed by atoms with Crippen LogP contribution in [-0.4, -0.2) is 27.2 Å². The third-order valence-corrected chi connectivity index (χ3v) is 5.24. The second kappa shape index (κ2) is 7.55. The summed E-state index contributed by atoms with van der Waals surface area (Å²) in [7, 11) is 0. The molecule has 1 unspecified atom stereocenters. The number of fused-ring (bicyclic) bond motifs is 3. The predicted octanol–water partition coefficient (Wildman–Crippen LogP) is 2.53. The molecule has 8 heteroatoms. The number of hydrogen-bond acceptors (Lipinski definition) is 5. The van der Waals surface area contributed by atoms with Crippen LogP contribution >= 0.6 is 11.8 Å². The first-order chi connectivity index (χ1) is 13.7. The minimum atomic E-state index is -0.578. The van der Waals surface area contributed by atoms with E-state index < -0.39 is 6.17 Å². The number of nitrogens with one attached hydrogen (secondary N) is 1. The van der Waals surface area contributed by atoms with Crippen molar-refractivity contribution < 1.29 is 9.48 Å². The van der Waals surface area contributed by atoms with E-state index in [9.17, 15) is 9.59 Å². The third-order valence-electron chi connectivity index (χ3n) is 4.67. The van der Waals surface area contributed by atoms with Gasteiger partial charge < -0.3 is 0 Å². The van der Waals surface area contributed by atoms with E-state index in [2.05, 4.69) is 15.1 Å². The van der Waals surface area contributed by atoms with Crippen molar-refractivity contribution in [1.29, 1.82) is 0 Å². The molecule has 0 aliphatic carbocycles. The molecule has 7 nitrogen and oxygen atoms in total. The first-order valence-electron chi connectivity index (χ1n) is 9.07. The van der Waals surface area contributed by atoms with Gasteiger partial charge in [-0.15, -0.1) is 0 Å². The molecule has 28 heavy (non-hydrogen) atoms. The van der Waals surface area contributed by atoms with E-state index >= 15 is 0 Å². The summed E-state index contributed by atoms with van der Waals surface area (Å²) in [5.41, 5.74) is 2.39. The molecule has 0 saturated heterocycles. The average molecular weight is 394 g/mol. The molecule has 1 aliphatic rings. The summed E-state index contributed by atoms with van der Waals surface area (Å²) in [6.07, 6.45) is 5.80. The molecule has 0 fully saturated rings. The van der Waals surface area contributed by atoms with Crippen LogP contribution in [0.2, 0.25) is 0 Å². The summed E-state index contributed by atoms with van der Waals surface area (Å²) in [6.45, 7) is 1.97. The van der Waals surface area contributed by atoms with E-state index in [1.165, 1.54) is 11.8 Å². The number of benzene rings is 1. The molecule has 0 spiro atoms. The van der Waals surface area contributed by atoms with Gasteiger partial charge in [0.2, 0.25) is 11.1 Å². The number of H-pyrrole nitrogens is 1. The number of carbonyl (C=O) groups is 1. The number of thioether (sulfide) groups is 1. The number of hydrogen-bond donors (Lipinski definition) is 1. The molecule has 0 radical (unpaired) electrons. The first-order valence-corrected chi connectivity index (χ1v) is 10.3. The summed E-state index contributed by atoms with van der Waals surface area (Å²) in [6, 6.07) is 11.2. The molecule has 4 rings (SSSR count). The largest absolute Gasteiger partial charge is 0.325 e. The maximum Gasteiger partial charge on any atom is 0.325 e. The zero-order valence-electron chi connectivity index (χ0n) is 15.6. The number of pyridine rings is 1. The summed E-state index contributed by atoms with van der Waals surface area (Å²) < 4.78 is 1.65. The number of aromatic nitrogens is 4. The highest BCUT2D eigenvalue weighted by Gasteiger charge is 2.45. The van der Waals surface area contributed by atoms with Gasteiger partial charge in [-0.05, 0) is 41.6 Å². The van der Waals surface area contributed by atoms with Gasteiger partial charge in [-0.1, -0.05) is 30.8 Å². The van der Waals surface area contributed by atoms with Crippen LogP contribution in [0.1, 0.15) is 31.5 Å². The predicted molar refractivity (Wildman–Crippen MR) is 107 cm³/mol. The lowest BCUT2D eigenvalue weighted by atomic mass is 10.0. The van der Waals surface area contributed by atoms with Crippen molar-refractivity contribution >= 4 is 23.4 Å². The number of carbonyl (C=O) groups excluding carboxylic acids is 1. The van der Waals surface area contributed by atoms with E-state index in [1.807, 2.05) is 49.6 Å². The zero-order valence-corrected chi connectivity index (χ0v) is 16.4. The normalized spacial score (nSPS) is 15.1. The van der Waals surface area contributed by atoms with Crippen LogP contribution in [0.3, 0.4) is 0 Å². The van der Waals surface area contributed by atoms with Gasteiger partial charge in [0.1, 0.15) is 0 Å². The summed E-state index contributed by atoms with van der Waals surface area (Å²) in [5.74, 6) is -0.0188. The topological polar surface area (TPSA) is 82.8 Å². The Hall–Kier alpha value is -3.00. The van der Waals surface area contributed by atoms with Crippen molar-refractivity contribution in [2.24, 2.45) is 0 Å². The Morgan fingerprint density at radius 1 is 1.29 bits per heavy atom. The molecule has 142 valence electrons. The van der Waals surface area contributed by atoms with Crippen LogP contribution in [0.25, 0.3) is 11.3 Å². The number of para-hydroxylation sites is 1. The standard InChI is InChI=1S/C20H19N5O2S/c1-3-7-16(26)24-15-10-5-4-9-14(15)17-18(27)22-20(28-2)23-25(17)19(24)13-8-6-11-21-12-13/h4-6,8-12,19H,3,7H2,1-2H3/p+1. The number of amides is 1. The van der Waals surface area contributed by atoms with Gasteiger partial charge >= 0.3 is 11.3 Å². The fourth-order valence-electron chi connectivity index (χ4n) is 3.50. The summed E-state index contributed by atoms with van der Waals surface area (Å²) >= 11 is 1.35. The smallest absolute Gasteiger partial charge is 0.291 e. The fourth-order valence-corrected chi connectivity index (χ4v) is 3.86. The number of anilines is 1. The molecule has 0 saturated carbocycles. The minimum Gasteiger partial charge on any atom is -0.291 e. The molecular formula is C20H20N5O2S+. The SMILES string of the molecule is CCCC(=O)N1c2ccccc2-c2c(=O)[nH]c(SC)n[n+]2C1c1cccnc1. The number of aromatic amines is 1. The van der Waals surface area contributed by atoms with Crippen LogP contribution in [0.15, 0.2) is 58.7 Å². The number of nitrogens with zero attached hydrogens (tertiary/aromatic N) is 4. The molecule has 3 heterocycles. The van der Waals surface area contributed by atoms with Crippen LogP contribution in [0.5, 0.6) is 0 Å². The van der Waals surface area contributed by atoms with Crippen LogP contribution in [0, 0.1) is 0 Å². The van der Waals surface area contributed by atoms with Crippen molar-refractivity contribution in [2.45, 2.75) is 31.1 Å². The molecule has 2 aromatic heterocycles. The fraction of sp³-hybridized carbons (Fsp3) is 0.250. The van der Waals surface area contributed by atoms with E-state index in [1.54, 1.807) is 22.0 Å². The van der Waals surface area contributed by atoms with Gasteiger partial charge in [0.05, 0.1) is 16.8 Å². The molecule has 1 aliphatic heterocycles. The maximum atomic E-state index is 13.2. The second-order valence-electron chi connectivity index (χ2n) is 6.45. The Balaban J connectivity index is 2.06. The monoisotopic (exact) mass is 394 g/mol. The van der Waals surface area contributed by atoms with E-state index in [4.69, 9.17) is 0 Å². The lowest BCUT2D eigenvalue weighted by Crippen LogP contribution is -2.60. The molecule has 1 N–H and O–H groups in total. The van der Waals surface area contributed by atoms with Gasteiger partial charge in [-0.25, -0.2) is 4.90 Å². The van der Waals surface area contributed by atoms with Gasteiger partial charge in [-0.3, -0.25) is 19.6 Å². The number of rotatable bonds is 4. The van der Waals surface area contributed by atoms with E-state index in [0.717, 1.165) is 12.0 Å². The summed E-state index contributed by atoms with van der Waals surface area (Å²) in [5, 5.41) is 5.14. The second-order valence-corrected chi connectivity index (χ2v) is 7.24. The summed E-state index contributed by atoms with van der Waals surface area (Å²) in [4.78, 5) is 34.9. The Labute approximate surface area is 166 Å². The molecule has 0 bridgehead atoms. The van der Waals surface area contributed by atoms with Gasteiger partial charge in [-0.2, -0.15) is 0 Å². The van der Waals surface area contributed by atoms with Crippen molar-refractivity contribution in [3.8, 4) is 11.3 Å². The Morgan fingerprint density at radius 3 is 2.82 bits per heavy atom. The lowest BCUT2D eigenvalue weighted by molar-refractivity contribution is -0.763. The Kier molecular flexibility index (Phi) is 4.95. The van der Waals surface area contributed by atoms with E-state index in [-0.39, 0.29) is 11.5 Å². The van der Waals surface area contributed by atoms with Gasteiger partial charge in [0, 0.05) is 23.9 Å². The van der Waals surface area contributed by atoms with Gasteiger partial charge in [0.25, 0.3) is 6.17 Å². The molecular weight excluding hydrogens is 374 g/mol. The maximum absolute atomic E-state index is 13.2. The third kappa shape index (κ3) is 2.99. The minimum absolute atomic E-state index is 0.0188. The Bertz CT molecular complexity index is 1080. The van der Waals surface area contributed by atoms with Crippen molar-refractivity contribution in [1.82, 2.24) is 15.1 Å². The van der Waals surface area contributed by atoms with Crippen molar-refractivity contribution in [3.63, 3.8) is 0 Å². The zero-order chi connectivity index (χ0) is 19.7.